The van der Waals surface area contributed by atoms with Gasteiger partial charge < -0.3 is 10.1 Å². The summed E-state index contributed by atoms with van der Waals surface area (Å²) in [5, 5.41) is 3.43. The van der Waals surface area contributed by atoms with Gasteiger partial charge in [0.15, 0.2) is 0 Å². The van der Waals surface area contributed by atoms with E-state index >= 15 is 0 Å². The van der Waals surface area contributed by atoms with Gasteiger partial charge in [-0.3, -0.25) is 9.69 Å². The average Bonchev–Trinajstić information content (AvgIpc) is 3.01. The lowest BCUT2D eigenvalue weighted by Gasteiger charge is -2.52. The Bertz CT molecular complexity index is 774. The zero-order valence-corrected chi connectivity index (χ0v) is 17.4. The number of hydrogen-bond acceptors (Lipinski definition) is 3. The van der Waals surface area contributed by atoms with Gasteiger partial charge in [0.2, 0.25) is 5.91 Å². The van der Waals surface area contributed by atoms with Gasteiger partial charge in [0.25, 0.3) is 0 Å². The number of fused-ring (bicyclic) bond motifs is 4. The van der Waals surface area contributed by atoms with Crippen molar-refractivity contribution >= 4 is 18.3 Å². The predicted molar refractivity (Wildman–Crippen MR) is 117 cm³/mol. The molecule has 2 bridgehead atoms. The van der Waals surface area contributed by atoms with Gasteiger partial charge in [0.05, 0.1) is 13.2 Å². The number of benzene rings is 2. The largest absolute Gasteiger partial charge is 0.379 e. The van der Waals surface area contributed by atoms with E-state index in [9.17, 15) is 4.79 Å². The van der Waals surface area contributed by atoms with E-state index < -0.39 is 0 Å². The summed E-state index contributed by atoms with van der Waals surface area (Å²) in [4.78, 5) is 15.5. The molecular weight excluding hydrogens is 384 g/mol. The molecule has 1 amide bonds. The molecule has 1 N–H and O–H groups in total. The number of ether oxygens (including phenoxy) is 1. The van der Waals surface area contributed by atoms with Crippen LogP contribution in [0.2, 0.25) is 0 Å². The summed E-state index contributed by atoms with van der Waals surface area (Å²) < 4.78 is 5.63. The summed E-state index contributed by atoms with van der Waals surface area (Å²) >= 11 is 0. The third-order valence-corrected chi connectivity index (χ3v) is 7.02. The topological polar surface area (TPSA) is 41.6 Å². The van der Waals surface area contributed by atoms with Crippen LogP contribution in [0.3, 0.4) is 0 Å². The number of rotatable bonds is 3. The molecule has 4 fully saturated rings. The monoisotopic (exact) mass is 412 g/mol. The first kappa shape index (κ1) is 20.4. The van der Waals surface area contributed by atoms with Crippen molar-refractivity contribution in [2.75, 3.05) is 26.3 Å². The fourth-order valence-electron chi connectivity index (χ4n) is 5.78. The number of nitrogens with one attached hydrogen (secondary N) is 1. The molecule has 154 valence electrons. The average molecular weight is 413 g/mol. The van der Waals surface area contributed by atoms with E-state index in [0.29, 0.717) is 18.3 Å². The molecule has 0 spiro atoms. The van der Waals surface area contributed by atoms with Crippen molar-refractivity contribution in [3.05, 3.63) is 71.8 Å². The van der Waals surface area contributed by atoms with Gasteiger partial charge in [-0.1, -0.05) is 60.7 Å². The van der Waals surface area contributed by atoms with Gasteiger partial charge in [-0.25, -0.2) is 0 Å². The van der Waals surface area contributed by atoms with Crippen molar-refractivity contribution in [3.63, 3.8) is 0 Å². The first-order valence-electron chi connectivity index (χ1n) is 10.5. The van der Waals surface area contributed by atoms with E-state index in [-0.39, 0.29) is 29.9 Å². The molecule has 6 rings (SSSR count). The number of carbonyl (C=O) groups is 1. The second-order valence-corrected chi connectivity index (χ2v) is 8.54. The normalized spacial score (nSPS) is 32.1. The minimum absolute atomic E-state index is 0. The molecule has 29 heavy (non-hydrogen) atoms. The zero-order valence-electron chi connectivity index (χ0n) is 16.6. The highest BCUT2D eigenvalue weighted by Crippen LogP contribution is 2.51. The molecule has 2 aromatic carbocycles. The number of amides is 1. The van der Waals surface area contributed by atoms with Crippen LogP contribution in [-0.4, -0.2) is 48.7 Å². The third-order valence-electron chi connectivity index (χ3n) is 7.02. The first-order valence-corrected chi connectivity index (χ1v) is 10.5. The summed E-state index contributed by atoms with van der Waals surface area (Å²) in [6.45, 7) is 3.36. The van der Waals surface area contributed by atoms with Crippen LogP contribution in [0, 0.1) is 0 Å². The van der Waals surface area contributed by atoms with Gasteiger partial charge >= 0.3 is 0 Å². The van der Waals surface area contributed by atoms with E-state index in [2.05, 4.69) is 70.9 Å². The maximum atomic E-state index is 13.0. The summed E-state index contributed by atoms with van der Waals surface area (Å²) in [6.07, 6.45) is 2.66. The Morgan fingerprint density at radius 3 is 1.90 bits per heavy atom. The van der Waals surface area contributed by atoms with Crippen molar-refractivity contribution in [2.45, 2.75) is 42.7 Å². The molecule has 4 aliphatic rings. The Hall–Kier alpha value is -1.88. The Kier molecular flexibility index (Phi) is 5.95. The van der Waals surface area contributed by atoms with Crippen LogP contribution in [0.1, 0.15) is 42.2 Å². The molecular formula is C24H29ClN2O2. The predicted octanol–water partition coefficient (Wildman–Crippen LogP) is 3.73. The highest BCUT2D eigenvalue weighted by molar-refractivity contribution is 5.85. The second-order valence-electron chi connectivity index (χ2n) is 8.54. The second kappa shape index (κ2) is 8.47. The molecule has 1 aliphatic carbocycles. The van der Waals surface area contributed by atoms with E-state index in [1.165, 1.54) is 11.1 Å². The van der Waals surface area contributed by atoms with Crippen LogP contribution in [0.5, 0.6) is 0 Å². The zero-order chi connectivity index (χ0) is 19.0. The fourth-order valence-corrected chi connectivity index (χ4v) is 5.78. The van der Waals surface area contributed by atoms with E-state index in [0.717, 1.165) is 39.1 Å². The van der Waals surface area contributed by atoms with Crippen molar-refractivity contribution in [1.29, 1.82) is 0 Å². The SMILES string of the molecule is Cl.O=C1CC2(N3CCOCC3)CC(c3ccccc3)C(N1)C(c1ccccc1)C2. The smallest absolute Gasteiger partial charge is 0.222 e. The van der Waals surface area contributed by atoms with Gasteiger partial charge in [-0.2, -0.15) is 0 Å². The van der Waals surface area contributed by atoms with E-state index in [1.54, 1.807) is 0 Å². The van der Waals surface area contributed by atoms with Gasteiger partial charge in [-0.05, 0) is 24.0 Å². The minimum atomic E-state index is -0.0954. The number of hydrogen-bond donors (Lipinski definition) is 1. The van der Waals surface area contributed by atoms with E-state index in [1.807, 2.05) is 0 Å². The minimum Gasteiger partial charge on any atom is -0.379 e. The summed E-state index contributed by atoms with van der Waals surface area (Å²) in [7, 11) is 0. The van der Waals surface area contributed by atoms with Crippen molar-refractivity contribution in [1.82, 2.24) is 10.2 Å². The molecule has 0 aromatic heterocycles. The van der Waals surface area contributed by atoms with Crippen molar-refractivity contribution in [3.8, 4) is 0 Å². The Morgan fingerprint density at radius 2 is 1.38 bits per heavy atom. The number of carbonyl (C=O) groups excluding carboxylic acids is 1. The highest BCUT2D eigenvalue weighted by Gasteiger charge is 2.53. The molecule has 3 heterocycles. The Balaban J connectivity index is 0.00000205. The molecule has 2 aromatic rings. The van der Waals surface area contributed by atoms with E-state index in [4.69, 9.17) is 4.74 Å². The third kappa shape index (κ3) is 3.81. The molecule has 3 aliphatic heterocycles. The van der Waals surface area contributed by atoms with Crippen LogP contribution in [0.4, 0.5) is 0 Å². The summed E-state index contributed by atoms with van der Waals surface area (Å²) in [6, 6.07) is 21.7. The van der Waals surface area contributed by atoms with Crippen LogP contribution >= 0.6 is 12.4 Å². The summed E-state index contributed by atoms with van der Waals surface area (Å²) in [5.74, 6) is 0.859. The van der Waals surface area contributed by atoms with Crippen LogP contribution < -0.4 is 5.32 Å². The van der Waals surface area contributed by atoms with Crippen molar-refractivity contribution < 1.29 is 9.53 Å². The standard InChI is InChI=1S/C24H28N2O2.ClH/c27-22-17-24(26-11-13-28-14-12-26)15-20(18-7-3-1-4-8-18)23(25-22)21(16-24)19-9-5-2-6-10-19;/h1-10,20-21,23H,11-17H2,(H,25,27);1H. The number of morpholine rings is 1. The molecule has 0 radical (unpaired) electrons. The van der Waals surface area contributed by atoms with Gasteiger partial charge in [-0.15, -0.1) is 12.4 Å². The molecule has 2 atom stereocenters. The molecule has 5 heteroatoms. The maximum Gasteiger partial charge on any atom is 0.222 e. The first-order chi connectivity index (χ1) is 13.8. The molecule has 3 saturated heterocycles. The number of halogens is 1. The Morgan fingerprint density at radius 1 is 0.862 bits per heavy atom. The van der Waals surface area contributed by atoms with Gasteiger partial charge in [0, 0.05) is 42.9 Å². The van der Waals surface area contributed by atoms with Crippen LogP contribution in [-0.2, 0) is 9.53 Å². The Labute approximate surface area is 179 Å². The lowest BCUT2D eigenvalue weighted by atomic mass is 9.63. The molecule has 2 unspecified atom stereocenters. The maximum absolute atomic E-state index is 13.0. The highest BCUT2D eigenvalue weighted by atomic mass is 35.5. The van der Waals surface area contributed by atoms with Crippen LogP contribution in [0.15, 0.2) is 60.7 Å². The van der Waals surface area contributed by atoms with Crippen LogP contribution in [0.25, 0.3) is 0 Å². The lowest BCUT2D eigenvalue weighted by Crippen LogP contribution is -2.57. The quantitative estimate of drug-likeness (QED) is 0.835. The van der Waals surface area contributed by atoms with Crippen molar-refractivity contribution in [2.24, 2.45) is 0 Å². The van der Waals surface area contributed by atoms with Gasteiger partial charge in [0.1, 0.15) is 0 Å². The molecule has 1 saturated carbocycles. The summed E-state index contributed by atoms with van der Waals surface area (Å²) in [5.41, 5.74) is 2.59. The lowest BCUT2D eigenvalue weighted by molar-refractivity contribution is -0.124. The molecule has 4 nitrogen and oxygen atoms in total. The number of nitrogens with zero attached hydrogens (tertiary/aromatic N) is 1. The fraction of sp³-hybridized carbons (Fsp3) is 0.458.